The van der Waals surface area contributed by atoms with Crippen molar-refractivity contribution in [3.63, 3.8) is 0 Å². The molecule has 18 heavy (non-hydrogen) atoms. The molecule has 0 bridgehead atoms. The molecule has 1 aromatic carbocycles. The highest BCUT2D eigenvalue weighted by Gasteiger charge is 2.37. The highest BCUT2D eigenvalue weighted by Crippen LogP contribution is 2.47. The monoisotopic (exact) mass is 249 g/mol. The van der Waals surface area contributed by atoms with Gasteiger partial charge in [-0.15, -0.1) is 0 Å². The molecule has 4 nitrogen and oxygen atoms in total. The molecule has 1 atom stereocenters. The van der Waals surface area contributed by atoms with E-state index in [1.165, 1.54) is 6.42 Å². The van der Waals surface area contributed by atoms with Crippen LogP contribution >= 0.6 is 0 Å². The lowest BCUT2D eigenvalue weighted by molar-refractivity contribution is 0.165. The summed E-state index contributed by atoms with van der Waals surface area (Å²) in [5, 5.41) is 3.56. The van der Waals surface area contributed by atoms with Crippen LogP contribution in [0.25, 0.3) is 0 Å². The number of fused-ring (bicyclic) bond motifs is 1. The smallest absolute Gasteiger partial charge is 0.170 e. The van der Waals surface area contributed by atoms with Gasteiger partial charge in [-0.1, -0.05) is 0 Å². The molecular weight excluding hydrogens is 230 g/mol. The Labute approximate surface area is 107 Å². The van der Waals surface area contributed by atoms with Gasteiger partial charge in [-0.25, -0.2) is 0 Å². The fourth-order valence-corrected chi connectivity index (χ4v) is 2.90. The summed E-state index contributed by atoms with van der Waals surface area (Å²) in [6, 6.07) is 3.89. The van der Waals surface area contributed by atoms with Crippen molar-refractivity contribution in [2.45, 2.75) is 25.3 Å². The maximum absolute atomic E-state index is 5.83. The summed E-state index contributed by atoms with van der Waals surface area (Å²) in [6.07, 6.45) is 2.26. The lowest BCUT2D eigenvalue weighted by Crippen LogP contribution is -2.35. The van der Waals surface area contributed by atoms with E-state index in [0.717, 1.165) is 35.8 Å². The number of methoxy groups -OCH3 is 1. The summed E-state index contributed by atoms with van der Waals surface area (Å²) in [5.74, 6) is 2.54. The fraction of sp³-hybridized carbons (Fsp3) is 0.571. The Bertz CT molecular complexity index is 453. The largest absolute Gasteiger partial charge is 0.496 e. The van der Waals surface area contributed by atoms with Gasteiger partial charge < -0.3 is 19.5 Å². The third-order valence-corrected chi connectivity index (χ3v) is 3.81. The minimum absolute atomic E-state index is 0.0859. The lowest BCUT2D eigenvalue weighted by Gasteiger charge is -2.31. The summed E-state index contributed by atoms with van der Waals surface area (Å²) in [4.78, 5) is 0. The van der Waals surface area contributed by atoms with E-state index in [2.05, 4.69) is 12.2 Å². The van der Waals surface area contributed by atoms with Gasteiger partial charge in [0.15, 0.2) is 11.5 Å². The summed E-state index contributed by atoms with van der Waals surface area (Å²) in [7, 11) is 1.70. The van der Waals surface area contributed by atoms with Gasteiger partial charge >= 0.3 is 0 Å². The zero-order valence-corrected chi connectivity index (χ0v) is 10.9. The molecule has 1 aromatic rings. The molecule has 1 unspecified atom stereocenters. The molecule has 1 N–H and O–H groups in total. The number of ether oxygens (including phenoxy) is 3. The molecule has 1 fully saturated rings. The van der Waals surface area contributed by atoms with Gasteiger partial charge in [0.05, 0.1) is 12.7 Å². The number of benzene rings is 1. The molecule has 3 rings (SSSR count). The molecule has 4 heteroatoms. The average Bonchev–Trinajstić information content (AvgIpc) is 2.85. The topological polar surface area (TPSA) is 39.7 Å². The number of hydrogen-bond acceptors (Lipinski definition) is 4. The van der Waals surface area contributed by atoms with E-state index < -0.39 is 0 Å². The molecule has 2 aliphatic heterocycles. The van der Waals surface area contributed by atoms with E-state index in [4.69, 9.17) is 14.2 Å². The van der Waals surface area contributed by atoms with Gasteiger partial charge in [0.2, 0.25) is 0 Å². The minimum Gasteiger partial charge on any atom is -0.496 e. The second kappa shape index (κ2) is 4.35. The summed E-state index contributed by atoms with van der Waals surface area (Å²) in [5.41, 5.74) is 1.01. The second-order valence-corrected chi connectivity index (χ2v) is 5.03. The first-order valence-corrected chi connectivity index (χ1v) is 6.47. The van der Waals surface area contributed by atoms with E-state index >= 15 is 0 Å². The van der Waals surface area contributed by atoms with Crippen LogP contribution in [0.3, 0.4) is 0 Å². The summed E-state index contributed by atoms with van der Waals surface area (Å²) >= 11 is 0. The van der Waals surface area contributed by atoms with Gasteiger partial charge in [-0.05, 0) is 38.4 Å². The second-order valence-electron chi connectivity index (χ2n) is 5.03. The number of hydrogen-bond donors (Lipinski definition) is 1. The number of rotatable bonds is 2. The van der Waals surface area contributed by atoms with Crippen molar-refractivity contribution in [1.29, 1.82) is 0 Å². The molecule has 1 saturated heterocycles. The molecule has 98 valence electrons. The molecule has 0 amide bonds. The predicted molar refractivity (Wildman–Crippen MR) is 68.6 cm³/mol. The van der Waals surface area contributed by atoms with Crippen LogP contribution in [0.5, 0.6) is 17.2 Å². The van der Waals surface area contributed by atoms with E-state index in [1.807, 2.05) is 12.1 Å². The van der Waals surface area contributed by atoms with E-state index in [-0.39, 0.29) is 5.54 Å². The Morgan fingerprint density at radius 2 is 2.11 bits per heavy atom. The summed E-state index contributed by atoms with van der Waals surface area (Å²) in [6.45, 7) is 4.45. The molecular formula is C14H19NO3. The molecule has 0 saturated carbocycles. The predicted octanol–water partition coefficient (Wildman–Crippen LogP) is 2.06. The van der Waals surface area contributed by atoms with Gasteiger partial charge in [0, 0.05) is 5.54 Å². The third-order valence-electron chi connectivity index (χ3n) is 3.81. The number of nitrogens with one attached hydrogen (secondary N) is 1. The van der Waals surface area contributed by atoms with E-state index in [9.17, 15) is 0 Å². The molecule has 0 aliphatic carbocycles. The van der Waals surface area contributed by atoms with E-state index in [1.54, 1.807) is 7.11 Å². The first-order valence-electron chi connectivity index (χ1n) is 6.47. The Morgan fingerprint density at radius 1 is 1.28 bits per heavy atom. The Balaban J connectivity index is 2.15. The maximum atomic E-state index is 5.83. The van der Waals surface area contributed by atoms with Crippen molar-refractivity contribution in [3.05, 3.63) is 17.7 Å². The van der Waals surface area contributed by atoms with Crippen LogP contribution in [0, 0.1) is 0 Å². The summed E-state index contributed by atoms with van der Waals surface area (Å²) < 4.78 is 17.0. The quantitative estimate of drug-likeness (QED) is 0.871. The lowest BCUT2D eigenvalue weighted by atomic mass is 9.88. The first kappa shape index (κ1) is 11.7. The average molecular weight is 249 g/mol. The zero-order chi connectivity index (χ0) is 12.6. The molecule has 0 aromatic heterocycles. The molecule has 2 heterocycles. The Hall–Kier alpha value is -1.42. The van der Waals surface area contributed by atoms with E-state index in [0.29, 0.717) is 13.2 Å². The molecule has 0 spiro atoms. The van der Waals surface area contributed by atoms with Gasteiger partial charge in [-0.2, -0.15) is 0 Å². The maximum Gasteiger partial charge on any atom is 0.170 e. The molecule has 2 aliphatic rings. The third kappa shape index (κ3) is 1.72. The van der Waals surface area contributed by atoms with Gasteiger partial charge in [-0.3, -0.25) is 0 Å². The van der Waals surface area contributed by atoms with Crippen molar-refractivity contribution in [1.82, 2.24) is 5.32 Å². The fourth-order valence-electron chi connectivity index (χ4n) is 2.90. The van der Waals surface area contributed by atoms with Crippen LogP contribution in [-0.2, 0) is 5.54 Å². The van der Waals surface area contributed by atoms with Crippen LogP contribution in [0.2, 0.25) is 0 Å². The van der Waals surface area contributed by atoms with Crippen LogP contribution in [0.1, 0.15) is 25.3 Å². The standard InChI is InChI=1S/C14H19NO3/c1-14(6-3-7-15-14)12-10(16-2)4-5-11-13(12)18-9-8-17-11/h4-5,15H,3,6-9H2,1-2H3. The van der Waals surface area contributed by atoms with Crippen molar-refractivity contribution in [2.75, 3.05) is 26.9 Å². The van der Waals surface area contributed by atoms with Crippen molar-refractivity contribution in [2.24, 2.45) is 0 Å². The first-order chi connectivity index (χ1) is 8.74. The van der Waals surface area contributed by atoms with Crippen LogP contribution in [-0.4, -0.2) is 26.9 Å². The normalized spacial score (nSPS) is 26.1. The SMILES string of the molecule is COc1ccc2c(c1C1(C)CCCN1)OCCO2. The van der Waals surface area contributed by atoms with Crippen molar-refractivity contribution >= 4 is 0 Å². The Morgan fingerprint density at radius 3 is 2.83 bits per heavy atom. The zero-order valence-electron chi connectivity index (χ0n) is 10.9. The molecule has 0 radical (unpaired) electrons. The van der Waals surface area contributed by atoms with Crippen LogP contribution in [0.4, 0.5) is 0 Å². The van der Waals surface area contributed by atoms with Gasteiger partial charge in [0.1, 0.15) is 19.0 Å². The Kier molecular flexibility index (Phi) is 2.82. The highest BCUT2D eigenvalue weighted by molar-refractivity contribution is 5.57. The minimum atomic E-state index is -0.0859. The van der Waals surface area contributed by atoms with Gasteiger partial charge in [0.25, 0.3) is 0 Å². The van der Waals surface area contributed by atoms with Crippen molar-refractivity contribution < 1.29 is 14.2 Å². The highest BCUT2D eigenvalue weighted by atomic mass is 16.6. The van der Waals surface area contributed by atoms with Crippen LogP contribution < -0.4 is 19.5 Å². The van der Waals surface area contributed by atoms with Crippen molar-refractivity contribution in [3.8, 4) is 17.2 Å². The van der Waals surface area contributed by atoms with Crippen LogP contribution in [0.15, 0.2) is 12.1 Å².